The summed E-state index contributed by atoms with van der Waals surface area (Å²) in [5, 5.41) is 10.4. The van der Waals surface area contributed by atoms with E-state index in [0.717, 1.165) is 25.8 Å². The number of halogens is 1. The molecule has 0 unspecified atom stereocenters. The first-order chi connectivity index (χ1) is 15.2. The quantitative estimate of drug-likeness (QED) is 0.259. The summed E-state index contributed by atoms with van der Waals surface area (Å²) in [6.07, 6.45) is 1.83. The minimum atomic E-state index is 0.442. The summed E-state index contributed by atoms with van der Waals surface area (Å²) < 4.78 is 13.9. The summed E-state index contributed by atoms with van der Waals surface area (Å²) in [6.45, 7) is 2.89. The maximum absolute atomic E-state index is 9.71. The molecule has 0 fully saturated rings. The molecular formula is C25H19BrN2O2S. The Morgan fingerprint density at radius 3 is 2.61 bits per heavy atom. The van der Waals surface area contributed by atoms with E-state index in [2.05, 4.69) is 27.0 Å². The van der Waals surface area contributed by atoms with Crippen LogP contribution in [0.5, 0.6) is 11.5 Å². The Morgan fingerprint density at radius 1 is 1.06 bits per heavy atom. The lowest BCUT2D eigenvalue weighted by Gasteiger charge is -2.13. The summed E-state index contributed by atoms with van der Waals surface area (Å²) >= 11 is 4.95. The molecule has 0 aliphatic carbocycles. The van der Waals surface area contributed by atoms with Gasteiger partial charge < -0.3 is 9.47 Å². The van der Waals surface area contributed by atoms with Crippen molar-refractivity contribution in [1.29, 1.82) is 5.26 Å². The van der Waals surface area contributed by atoms with Crippen LogP contribution in [0.15, 0.2) is 71.2 Å². The number of allylic oxidation sites excluding steroid dienone is 1. The van der Waals surface area contributed by atoms with E-state index in [1.807, 2.05) is 79.7 Å². The Hall–Kier alpha value is -3.14. The second kappa shape index (κ2) is 9.78. The van der Waals surface area contributed by atoms with Gasteiger partial charge in [-0.25, -0.2) is 4.98 Å². The molecule has 4 nitrogen and oxygen atoms in total. The fourth-order valence-electron chi connectivity index (χ4n) is 3.04. The largest absolute Gasteiger partial charge is 0.490 e. The number of ether oxygens (including phenoxy) is 2. The van der Waals surface area contributed by atoms with E-state index in [1.54, 1.807) is 0 Å². The highest BCUT2D eigenvalue weighted by molar-refractivity contribution is 9.10. The van der Waals surface area contributed by atoms with E-state index >= 15 is 0 Å². The monoisotopic (exact) mass is 490 g/mol. The Morgan fingerprint density at radius 2 is 1.87 bits per heavy atom. The molecule has 0 radical (unpaired) electrons. The lowest BCUT2D eigenvalue weighted by molar-refractivity contribution is 0.269. The standard InChI is InChI=1S/C25H19BrN2O2S/c1-2-29-23-14-18(9-12-22(23)30-16-17-7-10-20(26)11-8-17)13-19(15-27)25-28-21-5-3-4-6-24(21)31-25/h3-14H,2,16H2,1H3/b19-13+. The first-order valence-electron chi connectivity index (χ1n) is 9.78. The minimum absolute atomic E-state index is 0.442. The van der Waals surface area contributed by atoms with Crippen LogP contribution in [-0.2, 0) is 6.61 Å². The molecule has 3 aromatic carbocycles. The van der Waals surface area contributed by atoms with Crippen molar-refractivity contribution >= 4 is 49.1 Å². The molecule has 0 spiro atoms. The van der Waals surface area contributed by atoms with Crippen LogP contribution in [0, 0.1) is 11.3 Å². The average Bonchev–Trinajstić information content (AvgIpc) is 3.22. The average molecular weight is 491 g/mol. The molecule has 4 aromatic rings. The van der Waals surface area contributed by atoms with Gasteiger partial charge in [0, 0.05) is 4.47 Å². The number of nitriles is 1. The number of hydrogen-bond acceptors (Lipinski definition) is 5. The van der Waals surface area contributed by atoms with Gasteiger partial charge in [0.15, 0.2) is 11.5 Å². The Labute approximate surface area is 193 Å². The molecule has 0 saturated heterocycles. The SMILES string of the molecule is CCOc1cc(/C=C(\C#N)c2nc3ccccc3s2)ccc1OCc1ccc(Br)cc1. The zero-order valence-corrected chi connectivity index (χ0v) is 19.2. The van der Waals surface area contributed by atoms with Gasteiger partial charge in [0.05, 0.1) is 22.4 Å². The third-order valence-electron chi connectivity index (χ3n) is 4.53. The van der Waals surface area contributed by atoms with Crippen LogP contribution in [-0.4, -0.2) is 11.6 Å². The van der Waals surface area contributed by atoms with Crippen LogP contribution < -0.4 is 9.47 Å². The van der Waals surface area contributed by atoms with Crippen molar-refractivity contribution in [1.82, 2.24) is 4.98 Å². The highest BCUT2D eigenvalue weighted by Gasteiger charge is 2.11. The van der Waals surface area contributed by atoms with Crippen LogP contribution in [0.4, 0.5) is 0 Å². The maximum atomic E-state index is 9.71. The van der Waals surface area contributed by atoms with Crippen LogP contribution >= 0.6 is 27.3 Å². The minimum Gasteiger partial charge on any atom is -0.490 e. The molecule has 0 aliphatic heterocycles. The number of hydrogen-bond donors (Lipinski definition) is 0. The molecule has 1 heterocycles. The van der Waals surface area contributed by atoms with Crippen molar-refractivity contribution in [3.8, 4) is 17.6 Å². The highest BCUT2D eigenvalue weighted by atomic mass is 79.9. The molecule has 0 atom stereocenters. The second-order valence-electron chi connectivity index (χ2n) is 6.71. The van der Waals surface area contributed by atoms with Gasteiger partial charge in [-0.1, -0.05) is 46.3 Å². The number of thiazole rings is 1. The molecule has 4 rings (SSSR count). The van der Waals surface area contributed by atoms with E-state index in [4.69, 9.17) is 9.47 Å². The van der Waals surface area contributed by atoms with Gasteiger partial charge in [0.1, 0.15) is 17.7 Å². The fraction of sp³-hybridized carbons (Fsp3) is 0.120. The summed E-state index contributed by atoms with van der Waals surface area (Å²) in [6, 6.07) is 23.9. The van der Waals surface area contributed by atoms with E-state index in [-0.39, 0.29) is 0 Å². The first kappa shape index (κ1) is 21.1. The highest BCUT2D eigenvalue weighted by Crippen LogP contribution is 2.32. The van der Waals surface area contributed by atoms with Crippen molar-refractivity contribution in [3.05, 3.63) is 87.3 Å². The predicted octanol–water partition coefficient (Wildman–Crippen LogP) is 7.10. The topological polar surface area (TPSA) is 55.1 Å². The van der Waals surface area contributed by atoms with Crippen molar-refractivity contribution in [3.63, 3.8) is 0 Å². The van der Waals surface area contributed by atoms with Gasteiger partial charge in [0.25, 0.3) is 0 Å². The molecule has 0 N–H and O–H groups in total. The summed E-state index contributed by atoms with van der Waals surface area (Å²) in [5.41, 5.74) is 3.34. The van der Waals surface area contributed by atoms with Gasteiger partial charge in [-0.2, -0.15) is 5.26 Å². The Kier molecular flexibility index (Phi) is 6.66. The number of aromatic nitrogens is 1. The third kappa shape index (κ3) is 5.13. The van der Waals surface area contributed by atoms with Gasteiger partial charge in [-0.05, 0) is 60.5 Å². The van der Waals surface area contributed by atoms with Crippen LogP contribution in [0.3, 0.4) is 0 Å². The van der Waals surface area contributed by atoms with Crippen molar-refractivity contribution in [2.45, 2.75) is 13.5 Å². The Balaban J connectivity index is 1.59. The van der Waals surface area contributed by atoms with Crippen molar-refractivity contribution in [2.24, 2.45) is 0 Å². The molecule has 6 heteroatoms. The van der Waals surface area contributed by atoms with Crippen LogP contribution in [0.2, 0.25) is 0 Å². The van der Waals surface area contributed by atoms with E-state index in [1.165, 1.54) is 11.3 Å². The number of nitrogens with zero attached hydrogens (tertiary/aromatic N) is 2. The van der Waals surface area contributed by atoms with Crippen molar-refractivity contribution < 1.29 is 9.47 Å². The molecule has 154 valence electrons. The molecule has 0 amide bonds. The molecule has 31 heavy (non-hydrogen) atoms. The zero-order valence-electron chi connectivity index (χ0n) is 16.8. The van der Waals surface area contributed by atoms with Crippen molar-refractivity contribution in [2.75, 3.05) is 6.61 Å². The van der Waals surface area contributed by atoms with Gasteiger partial charge in [-0.15, -0.1) is 11.3 Å². The van der Waals surface area contributed by atoms with Gasteiger partial charge in [-0.3, -0.25) is 0 Å². The van der Waals surface area contributed by atoms with E-state index < -0.39 is 0 Å². The van der Waals surface area contributed by atoms with Gasteiger partial charge >= 0.3 is 0 Å². The smallest absolute Gasteiger partial charge is 0.161 e. The second-order valence-corrected chi connectivity index (χ2v) is 8.66. The molecule has 0 aliphatic rings. The lowest BCUT2D eigenvalue weighted by atomic mass is 10.1. The number of benzene rings is 3. The first-order valence-corrected chi connectivity index (χ1v) is 11.4. The Bertz CT molecular complexity index is 1240. The van der Waals surface area contributed by atoms with E-state index in [0.29, 0.717) is 35.3 Å². The van der Waals surface area contributed by atoms with Gasteiger partial charge in [0.2, 0.25) is 0 Å². The zero-order chi connectivity index (χ0) is 21.6. The molecule has 0 saturated carbocycles. The predicted molar refractivity (Wildman–Crippen MR) is 129 cm³/mol. The third-order valence-corrected chi connectivity index (χ3v) is 6.13. The number of rotatable bonds is 7. The normalized spacial score (nSPS) is 11.3. The lowest BCUT2D eigenvalue weighted by Crippen LogP contribution is -2.00. The van der Waals surface area contributed by atoms with E-state index in [9.17, 15) is 5.26 Å². The number of para-hydroxylation sites is 1. The summed E-state index contributed by atoms with van der Waals surface area (Å²) in [4.78, 5) is 4.59. The fourth-order valence-corrected chi connectivity index (χ4v) is 4.24. The molecular weight excluding hydrogens is 472 g/mol. The maximum Gasteiger partial charge on any atom is 0.161 e. The van der Waals surface area contributed by atoms with Crippen LogP contribution in [0.25, 0.3) is 21.9 Å². The molecule has 0 bridgehead atoms. The summed E-state index contributed by atoms with van der Waals surface area (Å²) in [7, 11) is 0. The summed E-state index contributed by atoms with van der Waals surface area (Å²) in [5.74, 6) is 1.32. The van der Waals surface area contributed by atoms with Crippen LogP contribution in [0.1, 0.15) is 23.1 Å². The molecule has 1 aromatic heterocycles. The number of fused-ring (bicyclic) bond motifs is 1.